The molecule has 0 N–H and O–H groups in total. The predicted molar refractivity (Wildman–Crippen MR) is 66.7 cm³/mol. The van der Waals surface area contributed by atoms with Gasteiger partial charge in [0, 0.05) is 24.7 Å². The van der Waals surface area contributed by atoms with Gasteiger partial charge in [-0.15, -0.1) is 0 Å². The standard InChI is InChI=1S/C12H15NO4S/c1-8-5-12(15)10(6-11(8)14)13(2)9-3-4-18(16,17)7-9/h5-6,9H,3-4,7H2,1-2H3. The molecule has 1 atom stereocenters. The maximum absolute atomic E-state index is 11.8. The molecule has 1 aliphatic heterocycles. The first-order valence-electron chi connectivity index (χ1n) is 5.72. The summed E-state index contributed by atoms with van der Waals surface area (Å²) in [5.74, 6) is -0.242. The third-order valence-corrected chi connectivity index (χ3v) is 5.14. The predicted octanol–water partition coefficient (Wildman–Crippen LogP) is 0.0873. The Labute approximate surface area is 106 Å². The van der Waals surface area contributed by atoms with Crippen molar-refractivity contribution in [3.63, 3.8) is 0 Å². The molecule has 0 aromatic rings. The molecule has 5 nitrogen and oxygen atoms in total. The fraction of sp³-hybridized carbons (Fsp3) is 0.500. The molecule has 6 heteroatoms. The zero-order valence-corrected chi connectivity index (χ0v) is 11.2. The van der Waals surface area contributed by atoms with E-state index in [-0.39, 0.29) is 34.8 Å². The summed E-state index contributed by atoms with van der Waals surface area (Å²) >= 11 is 0. The SMILES string of the molecule is CC1=CC(=O)C(N(C)C2CCS(=O)(=O)C2)=CC1=O. The highest BCUT2D eigenvalue weighted by Gasteiger charge is 2.33. The molecule has 0 spiro atoms. The Morgan fingerprint density at radius 1 is 1.22 bits per heavy atom. The highest BCUT2D eigenvalue weighted by atomic mass is 32.2. The van der Waals surface area contributed by atoms with E-state index in [1.807, 2.05) is 0 Å². The average Bonchev–Trinajstić information content (AvgIpc) is 2.63. The van der Waals surface area contributed by atoms with E-state index in [9.17, 15) is 18.0 Å². The van der Waals surface area contributed by atoms with Gasteiger partial charge < -0.3 is 4.90 Å². The van der Waals surface area contributed by atoms with Crippen molar-refractivity contribution >= 4 is 21.4 Å². The Hall–Kier alpha value is -1.43. The van der Waals surface area contributed by atoms with Crippen LogP contribution in [0, 0.1) is 0 Å². The number of carbonyl (C=O) groups is 2. The quantitative estimate of drug-likeness (QED) is 0.664. The van der Waals surface area contributed by atoms with Crippen LogP contribution in [-0.2, 0) is 19.4 Å². The van der Waals surface area contributed by atoms with Gasteiger partial charge in [0.25, 0.3) is 0 Å². The number of likely N-dealkylation sites (N-methyl/N-ethyl adjacent to an activating group) is 1. The van der Waals surface area contributed by atoms with Crippen molar-refractivity contribution < 1.29 is 18.0 Å². The van der Waals surface area contributed by atoms with Gasteiger partial charge in [0.15, 0.2) is 15.6 Å². The van der Waals surface area contributed by atoms with E-state index >= 15 is 0 Å². The first-order valence-corrected chi connectivity index (χ1v) is 7.54. The highest BCUT2D eigenvalue weighted by molar-refractivity contribution is 7.91. The van der Waals surface area contributed by atoms with Gasteiger partial charge in [0.2, 0.25) is 5.78 Å². The van der Waals surface area contributed by atoms with Gasteiger partial charge in [-0.1, -0.05) is 0 Å². The average molecular weight is 269 g/mol. The van der Waals surface area contributed by atoms with Gasteiger partial charge >= 0.3 is 0 Å². The summed E-state index contributed by atoms with van der Waals surface area (Å²) in [7, 11) is -1.34. The third-order valence-electron chi connectivity index (χ3n) is 3.39. The second-order valence-corrected chi connectivity index (χ2v) is 6.98. The Balaban J connectivity index is 2.21. The summed E-state index contributed by atoms with van der Waals surface area (Å²) in [6, 6.07) is -0.218. The summed E-state index contributed by atoms with van der Waals surface area (Å²) in [5, 5.41) is 0. The summed E-state index contributed by atoms with van der Waals surface area (Å²) in [5.41, 5.74) is 0.698. The second-order valence-electron chi connectivity index (χ2n) is 4.75. The molecule has 1 heterocycles. The molecule has 1 aliphatic carbocycles. The minimum Gasteiger partial charge on any atom is -0.367 e. The number of nitrogens with zero attached hydrogens (tertiary/aromatic N) is 1. The second kappa shape index (κ2) is 4.35. The van der Waals surface area contributed by atoms with Crippen molar-refractivity contribution in [2.24, 2.45) is 0 Å². The van der Waals surface area contributed by atoms with E-state index in [1.165, 1.54) is 12.2 Å². The lowest BCUT2D eigenvalue weighted by Crippen LogP contribution is -2.36. The van der Waals surface area contributed by atoms with Crippen LogP contribution in [0.2, 0.25) is 0 Å². The molecule has 0 bridgehead atoms. The van der Waals surface area contributed by atoms with Crippen LogP contribution in [0.3, 0.4) is 0 Å². The number of allylic oxidation sites excluding steroid dienone is 3. The zero-order chi connectivity index (χ0) is 13.5. The van der Waals surface area contributed by atoms with Gasteiger partial charge in [0.1, 0.15) is 0 Å². The van der Waals surface area contributed by atoms with Crippen LogP contribution in [0.25, 0.3) is 0 Å². The molecule has 0 amide bonds. The van der Waals surface area contributed by atoms with Gasteiger partial charge in [-0.2, -0.15) is 0 Å². The molecule has 1 saturated heterocycles. The summed E-state index contributed by atoms with van der Waals surface area (Å²) in [6.07, 6.45) is 3.10. The van der Waals surface area contributed by atoms with Crippen LogP contribution >= 0.6 is 0 Å². The molecule has 18 heavy (non-hydrogen) atoms. The topological polar surface area (TPSA) is 71.5 Å². The smallest absolute Gasteiger partial charge is 0.202 e. The van der Waals surface area contributed by atoms with Crippen molar-refractivity contribution in [1.82, 2.24) is 4.90 Å². The number of hydrogen-bond acceptors (Lipinski definition) is 5. The Bertz CT molecular complexity index is 571. The normalized spacial score (nSPS) is 26.9. The van der Waals surface area contributed by atoms with Gasteiger partial charge in [-0.05, 0) is 19.4 Å². The molecule has 1 fully saturated rings. The molecular weight excluding hydrogens is 254 g/mol. The van der Waals surface area contributed by atoms with Crippen LogP contribution in [0.5, 0.6) is 0 Å². The lowest BCUT2D eigenvalue weighted by molar-refractivity contribution is -0.116. The van der Waals surface area contributed by atoms with E-state index < -0.39 is 9.84 Å². The molecule has 98 valence electrons. The van der Waals surface area contributed by atoms with E-state index in [4.69, 9.17) is 0 Å². The minimum absolute atomic E-state index is 0.0466. The lowest BCUT2D eigenvalue weighted by atomic mass is 10.0. The van der Waals surface area contributed by atoms with Gasteiger partial charge in [-0.25, -0.2) is 8.42 Å². The van der Waals surface area contributed by atoms with Gasteiger partial charge in [0.05, 0.1) is 17.2 Å². The van der Waals surface area contributed by atoms with Crippen molar-refractivity contribution in [2.75, 3.05) is 18.6 Å². The van der Waals surface area contributed by atoms with Crippen molar-refractivity contribution in [3.8, 4) is 0 Å². The van der Waals surface area contributed by atoms with E-state index in [0.717, 1.165) is 0 Å². The number of carbonyl (C=O) groups excluding carboxylic acids is 2. The van der Waals surface area contributed by atoms with Crippen LogP contribution < -0.4 is 0 Å². The van der Waals surface area contributed by atoms with Crippen molar-refractivity contribution in [3.05, 3.63) is 23.4 Å². The molecule has 2 aliphatic rings. The monoisotopic (exact) mass is 269 g/mol. The summed E-state index contributed by atoms with van der Waals surface area (Å²) < 4.78 is 22.8. The molecule has 0 aromatic heterocycles. The van der Waals surface area contributed by atoms with Crippen LogP contribution in [-0.4, -0.2) is 49.5 Å². The highest BCUT2D eigenvalue weighted by Crippen LogP contribution is 2.22. The first kappa shape index (κ1) is 13.0. The Morgan fingerprint density at radius 2 is 1.89 bits per heavy atom. The molecule has 0 aromatic carbocycles. The number of ketones is 2. The third kappa shape index (κ3) is 2.38. The fourth-order valence-corrected chi connectivity index (χ4v) is 3.98. The Morgan fingerprint density at radius 3 is 2.44 bits per heavy atom. The zero-order valence-electron chi connectivity index (χ0n) is 10.3. The first-order chi connectivity index (χ1) is 8.30. The fourth-order valence-electron chi connectivity index (χ4n) is 2.20. The number of hydrogen-bond donors (Lipinski definition) is 0. The maximum Gasteiger partial charge on any atom is 0.202 e. The van der Waals surface area contributed by atoms with E-state index in [0.29, 0.717) is 12.0 Å². The van der Waals surface area contributed by atoms with Gasteiger partial charge in [-0.3, -0.25) is 9.59 Å². The largest absolute Gasteiger partial charge is 0.367 e. The molecule has 0 radical (unpaired) electrons. The number of sulfone groups is 1. The van der Waals surface area contributed by atoms with Crippen LogP contribution in [0.15, 0.2) is 23.4 Å². The molecule has 2 rings (SSSR count). The van der Waals surface area contributed by atoms with Crippen molar-refractivity contribution in [1.29, 1.82) is 0 Å². The van der Waals surface area contributed by atoms with E-state index in [2.05, 4.69) is 0 Å². The minimum atomic E-state index is -3.00. The number of rotatable bonds is 2. The van der Waals surface area contributed by atoms with Crippen LogP contribution in [0.4, 0.5) is 0 Å². The maximum atomic E-state index is 11.8. The lowest BCUT2D eigenvalue weighted by Gasteiger charge is -2.28. The molecular formula is C12H15NO4S. The molecule has 1 unspecified atom stereocenters. The summed E-state index contributed by atoms with van der Waals surface area (Å²) in [6.45, 7) is 1.59. The Kier molecular flexibility index (Phi) is 3.14. The van der Waals surface area contributed by atoms with E-state index in [1.54, 1.807) is 18.9 Å². The molecule has 0 saturated carbocycles. The van der Waals surface area contributed by atoms with Crippen LogP contribution in [0.1, 0.15) is 13.3 Å². The summed E-state index contributed by atoms with van der Waals surface area (Å²) in [4.78, 5) is 25.0. The van der Waals surface area contributed by atoms with Crippen molar-refractivity contribution in [2.45, 2.75) is 19.4 Å².